The van der Waals surface area contributed by atoms with Crippen LogP contribution < -0.4 is 5.56 Å². The highest BCUT2D eigenvalue weighted by molar-refractivity contribution is 14.1. The average molecular weight is 358 g/mol. The zero-order chi connectivity index (χ0) is 12.0. The van der Waals surface area contributed by atoms with E-state index in [1.807, 2.05) is 6.07 Å². The molecule has 1 fully saturated rings. The van der Waals surface area contributed by atoms with Crippen LogP contribution in [-0.2, 0) is 0 Å². The van der Waals surface area contributed by atoms with Crippen molar-refractivity contribution in [2.24, 2.45) is 0 Å². The van der Waals surface area contributed by atoms with E-state index in [2.05, 4.69) is 45.5 Å². The summed E-state index contributed by atoms with van der Waals surface area (Å²) in [5.41, 5.74) is 0.971. The van der Waals surface area contributed by atoms with E-state index in [1.54, 1.807) is 11.3 Å². The Kier molecular flexibility index (Phi) is 2.82. The maximum Gasteiger partial charge on any atom is 0.264 e. The van der Waals surface area contributed by atoms with Crippen molar-refractivity contribution in [3.05, 3.63) is 36.6 Å². The number of H-pyrrole nitrogens is 1. The molecule has 0 spiro atoms. The van der Waals surface area contributed by atoms with Crippen molar-refractivity contribution in [2.45, 2.75) is 25.7 Å². The van der Waals surface area contributed by atoms with Gasteiger partial charge in [0.1, 0.15) is 3.57 Å². The highest BCUT2D eigenvalue weighted by atomic mass is 127. The Balaban J connectivity index is 2.14. The van der Waals surface area contributed by atoms with E-state index in [-0.39, 0.29) is 5.56 Å². The van der Waals surface area contributed by atoms with Gasteiger partial charge in [-0.3, -0.25) is 4.79 Å². The Morgan fingerprint density at radius 2 is 2.24 bits per heavy atom. The maximum absolute atomic E-state index is 11.9. The topological polar surface area (TPSA) is 45.8 Å². The van der Waals surface area contributed by atoms with E-state index in [0.29, 0.717) is 5.92 Å². The molecule has 1 aliphatic rings. The third-order valence-electron chi connectivity index (χ3n) is 2.83. The van der Waals surface area contributed by atoms with Crippen molar-refractivity contribution < 1.29 is 0 Å². The van der Waals surface area contributed by atoms with Gasteiger partial charge in [-0.25, -0.2) is 4.98 Å². The molecular weight excluding hydrogens is 347 g/mol. The summed E-state index contributed by atoms with van der Waals surface area (Å²) < 4.78 is 0.752. The van der Waals surface area contributed by atoms with Gasteiger partial charge in [-0.1, -0.05) is 0 Å². The molecule has 0 aliphatic heterocycles. The van der Waals surface area contributed by atoms with Gasteiger partial charge >= 0.3 is 0 Å². The second-order valence-electron chi connectivity index (χ2n) is 4.30. The van der Waals surface area contributed by atoms with Gasteiger partial charge in [0.15, 0.2) is 5.82 Å². The summed E-state index contributed by atoms with van der Waals surface area (Å²) >= 11 is 3.76. The van der Waals surface area contributed by atoms with Crippen molar-refractivity contribution in [1.82, 2.24) is 9.97 Å². The summed E-state index contributed by atoms with van der Waals surface area (Å²) in [7, 11) is 0. The number of nitrogens with one attached hydrogen (secondary N) is 1. The molecule has 2 heterocycles. The third-order valence-corrected chi connectivity index (χ3v) is 4.88. The largest absolute Gasteiger partial charge is 0.305 e. The van der Waals surface area contributed by atoms with Gasteiger partial charge < -0.3 is 4.98 Å². The standard InChI is InChI=1S/C12H11IN2OS/c1-6-2-5-8(17-6)11-14-10(7-3-4-7)9(13)12(16)15-11/h2,5,7H,3-4H2,1H3,(H,14,15,16). The number of hydrogen-bond donors (Lipinski definition) is 1. The minimum atomic E-state index is -0.0106. The monoisotopic (exact) mass is 358 g/mol. The predicted molar refractivity (Wildman–Crippen MR) is 77.6 cm³/mol. The van der Waals surface area contributed by atoms with Crippen molar-refractivity contribution >= 4 is 33.9 Å². The fraction of sp³-hybridized carbons (Fsp3) is 0.333. The second kappa shape index (κ2) is 4.20. The Hall–Kier alpha value is -0.690. The molecule has 3 nitrogen and oxygen atoms in total. The fourth-order valence-corrected chi connectivity index (χ4v) is 3.29. The lowest BCUT2D eigenvalue weighted by Crippen LogP contribution is -2.15. The molecule has 0 saturated heterocycles. The molecular formula is C12H11IN2OS. The molecule has 1 N–H and O–H groups in total. The minimum Gasteiger partial charge on any atom is -0.305 e. The van der Waals surface area contributed by atoms with Crippen LogP contribution in [0.25, 0.3) is 10.7 Å². The van der Waals surface area contributed by atoms with Crippen molar-refractivity contribution in [2.75, 3.05) is 0 Å². The lowest BCUT2D eigenvalue weighted by molar-refractivity contribution is 0.960. The number of aryl methyl sites for hydroxylation is 1. The summed E-state index contributed by atoms with van der Waals surface area (Å²) in [6, 6.07) is 4.07. The van der Waals surface area contributed by atoms with Crippen molar-refractivity contribution in [1.29, 1.82) is 0 Å². The first-order chi connectivity index (χ1) is 8.15. The summed E-state index contributed by atoms with van der Waals surface area (Å²) in [6.45, 7) is 2.06. The van der Waals surface area contributed by atoms with Gasteiger partial charge in [-0.05, 0) is 54.5 Å². The van der Waals surface area contributed by atoms with E-state index in [9.17, 15) is 4.79 Å². The Labute approximate surface area is 116 Å². The van der Waals surface area contributed by atoms with E-state index in [1.165, 1.54) is 4.88 Å². The van der Waals surface area contributed by atoms with Crippen LogP contribution in [0.15, 0.2) is 16.9 Å². The van der Waals surface area contributed by atoms with Crippen LogP contribution in [0.4, 0.5) is 0 Å². The molecule has 0 amide bonds. The van der Waals surface area contributed by atoms with E-state index >= 15 is 0 Å². The number of halogens is 1. The maximum atomic E-state index is 11.9. The van der Waals surface area contributed by atoms with Crippen LogP contribution in [-0.4, -0.2) is 9.97 Å². The zero-order valence-corrected chi connectivity index (χ0v) is 12.3. The zero-order valence-electron chi connectivity index (χ0n) is 9.29. The smallest absolute Gasteiger partial charge is 0.264 e. The lowest BCUT2D eigenvalue weighted by atomic mass is 10.3. The molecule has 0 unspecified atom stereocenters. The molecule has 0 atom stereocenters. The van der Waals surface area contributed by atoms with Gasteiger partial charge in [-0.15, -0.1) is 11.3 Å². The number of aromatic amines is 1. The number of aromatic nitrogens is 2. The number of hydrogen-bond acceptors (Lipinski definition) is 3. The lowest BCUT2D eigenvalue weighted by Gasteiger charge is -2.03. The van der Waals surface area contributed by atoms with Crippen molar-refractivity contribution in [3.8, 4) is 10.7 Å². The highest BCUT2D eigenvalue weighted by Gasteiger charge is 2.29. The first kappa shape index (κ1) is 11.4. The Bertz CT molecular complexity index is 628. The second-order valence-corrected chi connectivity index (χ2v) is 6.66. The van der Waals surface area contributed by atoms with E-state index in [0.717, 1.165) is 32.8 Å². The molecule has 2 aromatic heterocycles. The fourth-order valence-electron chi connectivity index (χ4n) is 1.78. The molecule has 17 heavy (non-hydrogen) atoms. The van der Waals surface area contributed by atoms with Gasteiger partial charge in [0.05, 0.1) is 10.6 Å². The number of nitrogens with zero attached hydrogens (tertiary/aromatic N) is 1. The van der Waals surface area contributed by atoms with Crippen LogP contribution in [0.2, 0.25) is 0 Å². The van der Waals surface area contributed by atoms with Gasteiger partial charge in [0, 0.05) is 10.8 Å². The van der Waals surface area contributed by atoms with Crippen LogP contribution in [0.5, 0.6) is 0 Å². The first-order valence-corrected chi connectivity index (χ1v) is 7.41. The predicted octanol–water partition coefficient (Wildman–Crippen LogP) is 3.29. The summed E-state index contributed by atoms with van der Waals surface area (Å²) in [4.78, 5) is 21.6. The molecule has 3 rings (SSSR count). The molecule has 1 aliphatic carbocycles. The molecule has 1 saturated carbocycles. The van der Waals surface area contributed by atoms with Crippen LogP contribution in [0.3, 0.4) is 0 Å². The van der Waals surface area contributed by atoms with Crippen LogP contribution >= 0.6 is 33.9 Å². The summed E-state index contributed by atoms with van der Waals surface area (Å²) in [6.07, 6.45) is 2.32. The van der Waals surface area contributed by atoms with Crippen molar-refractivity contribution in [3.63, 3.8) is 0 Å². The molecule has 0 bridgehead atoms. The Morgan fingerprint density at radius 3 is 2.82 bits per heavy atom. The Morgan fingerprint density at radius 1 is 1.47 bits per heavy atom. The normalized spacial score (nSPS) is 15.2. The molecule has 2 aromatic rings. The molecule has 0 radical (unpaired) electrons. The average Bonchev–Trinajstić information content (AvgIpc) is 3.05. The van der Waals surface area contributed by atoms with Crippen LogP contribution in [0, 0.1) is 10.5 Å². The van der Waals surface area contributed by atoms with E-state index < -0.39 is 0 Å². The third kappa shape index (κ3) is 2.18. The van der Waals surface area contributed by atoms with Gasteiger partial charge in [0.25, 0.3) is 5.56 Å². The van der Waals surface area contributed by atoms with Gasteiger partial charge in [0.2, 0.25) is 0 Å². The number of thiophene rings is 1. The summed E-state index contributed by atoms with van der Waals surface area (Å²) in [5, 5.41) is 0. The van der Waals surface area contributed by atoms with Crippen LogP contribution in [0.1, 0.15) is 29.3 Å². The number of rotatable bonds is 2. The first-order valence-electron chi connectivity index (χ1n) is 5.51. The molecule has 0 aromatic carbocycles. The molecule has 88 valence electrons. The highest BCUT2D eigenvalue weighted by Crippen LogP contribution is 2.40. The quantitative estimate of drug-likeness (QED) is 0.838. The SMILES string of the molecule is Cc1ccc(-c2nc(C3CC3)c(I)c(=O)[nH]2)s1. The summed E-state index contributed by atoms with van der Waals surface area (Å²) in [5.74, 6) is 1.22. The molecule has 5 heteroatoms. The van der Waals surface area contributed by atoms with Gasteiger partial charge in [-0.2, -0.15) is 0 Å². The minimum absolute atomic E-state index is 0.0106. The van der Waals surface area contributed by atoms with E-state index in [4.69, 9.17) is 0 Å².